The molecule has 0 saturated heterocycles. The number of nitrogens with one attached hydrogen (secondary N) is 2. The number of benzene rings is 1. The quantitative estimate of drug-likeness (QED) is 0.0290. The Morgan fingerprint density at radius 2 is 0.973 bits per heavy atom. The average molecular weight is 1050 g/mol. The number of nitrogens with zero attached hydrogens (tertiary/aromatic N) is 8. The lowest BCUT2D eigenvalue weighted by atomic mass is 10.2. The van der Waals surface area contributed by atoms with E-state index in [0.717, 1.165) is 29.4 Å². The van der Waals surface area contributed by atoms with Crippen LogP contribution in [-0.4, -0.2) is 263 Å². The van der Waals surface area contributed by atoms with E-state index in [1.807, 2.05) is 0 Å². The minimum absolute atomic E-state index is 0.0212. The minimum Gasteiger partial charge on any atom is -0.395 e. The number of hydrogen-bond acceptors (Lipinski definition) is 16. The lowest BCUT2D eigenvalue weighted by molar-refractivity contribution is -0.148. The zero-order valence-electron chi connectivity index (χ0n) is 42.9. The molecule has 11 N–H and O–H groups in total. The third-order valence-electron chi connectivity index (χ3n) is 10.9. The highest BCUT2D eigenvalue weighted by atomic mass is 16.3. The van der Waals surface area contributed by atoms with Crippen LogP contribution in [0.4, 0.5) is 0 Å². The Kier molecular flexibility index (Phi) is 29.9. The fourth-order valence-corrected chi connectivity index (χ4v) is 6.90. The monoisotopic (exact) mass is 1050 g/mol. The molecule has 0 aliphatic heterocycles. The Morgan fingerprint density at radius 3 is 1.47 bits per heavy atom. The summed E-state index contributed by atoms with van der Waals surface area (Å²) in [6.45, 7) is -2.58. The van der Waals surface area contributed by atoms with Crippen LogP contribution >= 0.6 is 0 Å². The molecule has 0 aliphatic rings. The largest absolute Gasteiger partial charge is 0.395 e. The predicted molar refractivity (Wildman–Crippen MR) is 263 cm³/mol. The molecular weight excluding hydrogens is 975 g/mol. The first-order valence-electron chi connectivity index (χ1n) is 23.8. The van der Waals surface area contributed by atoms with Crippen LogP contribution in [-0.2, 0) is 64.1 Å². The molecule has 0 saturated carbocycles. The van der Waals surface area contributed by atoms with Crippen molar-refractivity contribution < 1.29 is 72.9 Å². The molecule has 28 nitrogen and oxygen atoms in total. The number of primary amides is 3. The number of carbonyl (C=O) groups excluding carboxylic acids is 12. The highest BCUT2D eigenvalue weighted by Gasteiger charge is 2.31. The maximum absolute atomic E-state index is 13.9. The molecule has 0 spiro atoms. The fourth-order valence-electron chi connectivity index (χ4n) is 6.90. The normalized spacial score (nSPS) is 11.1. The molecule has 414 valence electrons. The molecule has 0 heterocycles. The van der Waals surface area contributed by atoms with Gasteiger partial charge in [0, 0.05) is 45.8 Å². The van der Waals surface area contributed by atoms with Gasteiger partial charge in [-0.1, -0.05) is 51.1 Å². The Morgan fingerprint density at radius 1 is 0.514 bits per heavy atom. The first-order valence-corrected chi connectivity index (χ1v) is 23.8. The van der Waals surface area contributed by atoms with Gasteiger partial charge in [0.2, 0.25) is 70.9 Å². The number of likely N-dealkylation sites (N-methyl/N-ethyl adjacent to an activating group) is 1. The third-order valence-corrected chi connectivity index (χ3v) is 10.9. The van der Waals surface area contributed by atoms with Crippen LogP contribution < -0.4 is 27.8 Å². The number of aliphatic hydroxyl groups excluding tert-OH is 3. The molecule has 0 aliphatic carbocycles. The van der Waals surface area contributed by atoms with Crippen molar-refractivity contribution in [3.8, 4) is 0 Å². The molecule has 0 radical (unpaired) electrons. The lowest BCUT2D eigenvalue weighted by Gasteiger charge is -2.33. The average Bonchev–Trinajstić information content (AvgIpc) is 3.32. The number of aliphatic hydroxyl groups is 3. The summed E-state index contributed by atoms with van der Waals surface area (Å²) in [6.07, 6.45) is 0.377. The molecule has 0 fully saturated rings. The molecule has 1 aromatic rings. The van der Waals surface area contributed by atoms with Crippen LogP contribution in [0.25, 0.3) is 0 Å². The minimum atomic E-state index is -1.03. The second-order valence-electron chi connectivity index (χ2n) is 17.6. The van der Waals surface area contributed by atoms with Crippen molar-refractivity contribution in [3.05, 3.63) is 35.9 Å². The van der Waals surface area contributed by atoms with Crippen molar-refractivity contribution in [2.24, 2.45) is 23.1 Å². The Labute approximate surface area is 430 Å². The molecule has 74 heavy (non-hydrogen) atoms. The molecule has 0 aromatic heterocycles. The maximum Gasteiger partial charge on any atom is 0.243 e. The van der Waals surface area contributed by atoms with Crippen LogP contribution in [0.15, 0.2) is 30.3 Å². The van der Waals surface area contributed by atoms with Gasteiger partial charge in [-0.05, 0) is 24.8 Å². The van der Waals surface area contributed by atoms with Crippen molar-refractivity contribution >= 4 is 70.9 Å². The Balaban J connectivity index is 3.21. The number of carbonyl (C=O) groups is 12. The van der Waals surface area contributed by atoms with Gasteiger partial charge in [0.1, 0.15) is 19.6 Å². The lowest BCUT2D eigenvalue weighted by Crippen LogP contribution is -2.53. The number of rotatable bonds is 36. The number of amides is 12. The molecule has 1 rings (SSSR count). The van der Waals surface area contributed by atoms with E-state index in [0.29, 0.717) is 12.0 Å². The van der Waals surface area contributed by atoms with E-state index < -0.39 is 162 Å². The van der Waals surface area contributed by atoms with Crippen LogP contribution in [0.5, 0.6) is 0 Å². The Bertz CT molecular complexity index is 2080. The summed E-state index contributed by atoms with van der Waals surface area (Å²) in [5.41, 5.74) is 16.4. The van der Waals surface area contributed by atoms with E-state index in [-0.39, 0.29) is 51.8 Å². The highest BCUT2D eigenvalue weighted by molar-refractivity contribution is 5.95. The second kappa shape index (κ2) is 34.2. The van der Waals surface area contributed by atoms with Crippen molar-refractivity contribution in [3.63, 3.8) is 0 Å². The first-order chi connectivity index (χ1) is 34.9. The summed E-state index contributed by atoms with van der Waals surface area (Å²) in [7, 11) is 1.29. The molecule has 1 aromatic carbocycles. The van der Waals surface area contributed by atoms with Gasteiger partial charge < -0.3 is 82.4 Å². The Hall–Kier alpha value is -7.30. The summed E-state index contributed by atoms with van der Waals surface area (Å²) in [5, 5.41) is 33.1. The van der Waals surface area contributed by atoms with E-state index in [2.05, 4.69) is 10.6 Å². The number of nitrogens with two attached hydrogens (primary N) is 3. The summed E-state index contributed by atoms with van der Waals surface area (Å²) >= 11 is 0. The third kappa shape index (κ3) is 24.9. The van der Waals surface area contributed by atoms with Gasteiger partial charge in [-0.15, -0.1) is 0 Å². The van der Waals surface area contributed by atoms with Gasteiger partial charge in [0.25, 0.3) is 0 Å². The van der Waals surface area contributed by atoms with Crippen LogP contribution in [0.2, 0.25) is 0 Å². The van der Waals surface area contributed by atoms with Gasteiger partial charge in [-0.2, -0.15) is 0 Å². The number of hydrogen-bond donors (Lipinski definition) is 8. The summed E-state index contributed by atoms with van der Waals surface area (Å²) in [4.78, 5) is 164. The summed E-state index contributed by atoms with van der Waals surface area (Å²) in [6, 6.07) is 7.81. The van der Waals surface area contributed by atoms with Gasteiger partial charge in [0.05, 0.1) is 78.7 Å². The van der Waals surface area contributed by atoms with Gasteiger partial charge >= 0.3 is 0 Å². The van der Waals surface area contributed by atoms with E-state index in [4.69, 9.17) is 22.3 Å². The fraction of sp³-hybridized carbons (Fsp3) is 0.609. The van der Waals surface area contributed by atoms with Crippen molar-refractivity contribution in [2.75, 3.05) is 132 Å². The molecule has 0 unspecified atom stereocenters. The van der Waals surface area contributed by atoms with Gasteiger partial charge in [-0.3, -0.25) is 57.5 Å². The highest BCUT2D eigenvalue weighted by Crippen LogP contribution is 2.11. The van der Waals surface area contributed by atoms with E-state index in [1.54, 1.807) is 58.0 Å². The molecule has 12 amide bonds. The molecule has 0 bridgehead atoms. The molecule has 28 heteroatoms. The van der Waals surface area contributed by atoms with Crippen LogP contribution in [0, 0.1) is 5.92 Å². The topological polar surface area (TPSA) is 394 Å². The standard InChI is InChI=1S/C46H75N13O15/c1-6-33(4)59(31-45(73)55(20-32(2)3)28-42(70)54(14-17-62)27-41(69)53(13-16-61)22-35(47)63)46(74)26-52(5)39(67)19-51-38(66)25-56(21-34-10-8-7-9-11-34)43(71)30-58(24-37(49)65)44(72)29-57(23-36(48)64)40(68)18-50-12-15-60/h7-11,32-33,50,60-62H,6,12-31H2,1-5H3,(H2,47,63)(H2,48,64)(H2,49,65)(H,51,66)/t33-/m0/s1. The zero-order chi connectivity index (χ0) is 56.1. The smallest absolute Gasteiger partial charge is 0.243 e. The van der Waals surface area contributed by atoms with E-state index >= 15 is 0 Å². The second-order valence-corrected chi connectivity index (χ2v) is 17.6. The van der Waals surface area contributed by atoms with Crippen molar-refractivity contribution in [2.45, 2.75) is 46.7 Å². The van der Waals surface area contributed by atoms with Crippen LogP contribution in [0.3, 0.4) is 0 Å². The van der Waals surface area contributed by atoms with Gasteiger partial charge in [-0.25, -0.2) is 0 Å². The summed E-state index contributed by atoms with van der Waals surface area (Å²) in [5.74, 6) is -9.99. The first kappa shape index (κ1) is 64.7. The van der Waals surface area contributed by atoms with E-state index in [1.165, 1.54) is 16.8 Å². The maximum atomic E-state index is 13.9. The van der Waals surface area contributed by atoms with Crippen molar-refractivity contribution in [1.29, 1.82) is 0 Å². The zero-order valence-corrected chi connectivity index (χ0v) is 42.9. The van der Waals surface area contributed by atoms with Crippen molar-refractivity contribution in [1.82, 2.24) is 49.8 Å². The molecular formula is C46H75N13O15. The van der Waals surface area contributed by atoms with Gasteiger partial charge in [0.15, 0.2) is 0 Å². The summed E-state index contributed by atoms with van der Waals surface area (Å²) < 4.78 is 0. The van der Waals surface area contributed by atoms with E-state index in [9.17, 15) is 67.7 Å². The van der Waals surface area contributed by atoms with Crippen LogP contribution in [0.1, 0.15) is 39.7 Å². The predicted octanol–water partition coefficient (Wildman–Crippen LogP) is -6.96. The SMILES string of the molecule is CC[C@H](C)N(CC(=O)N(CC(=O)N(CCO)CC(=O)N(CCO)CC(N)=O)CC(C)C)C(=O)CN(C)C(=O)CNC(=O)CN(Cc1ccccc1)C(=O)CN(CC(N)=O)C(=O)CN(CC(N)=O)C(=O)CNCCO. The molecule has 1 atom stereocenters.